The van der Waals surface area contributed by atoms with Crippen LogP contribution in [0, 0.1) is 17.3 Å². The largest absolute Gasteiger partial charge is 0.458 e. The Kier molecular flexibility index (Phi) is 5.38. The minimum absolute atomic E-state index is 0.0341. The standard InChI is InChI=1S/C19H34O2/c1-5-15-11-13-19(14-12-15,16-9-7-8-10-16)21-17(20)18(3,4)6-2/h15-16H,5-14H2,1-4H3. The SMILES string of the molecule is CCC1CCC(OC(=O)C(C)(C)CC)(C2CCCC2)CC1. The first-order valence-electron chi connectivity index (χ1n) is 9.17. The normalized spacial score (nSPS) is 31.3. The maximum atomic E-state index is 12.7. The second-order valence-corrected chi connectivity index (χ2v) is 8.02. The number of esters is 1. The highest BCUT2D eigenvalue weighted by Gasteiger charge is 2.47. The molecule has 2 saturated carbocycles. The van der Waals surface area contributed by atoms with Crippen LogP contribution in [0.3, 0.4) is 0 Å². The first-order chi connectivity index (χ1) is 9.93. The molecule has 0 spiro atoms. The summed E-state index contributed by atoms with van der Waals surface area (Å²) in [5.41, 5.74) is -0.473. The minimum atomic E-state index is -0.340. The van der Waals surface area contributed by atoms with Gasteiger partial charge in [0, 0.05) is 0 Å². The fourth-order valence-corrected chi connectivity index (χ4v) is 4.09. The van der Waals surface area contributed by atoms with Crippen LogP contribution in [0.15, 0.2) is 0 Å². The average molecular weight is 294 g/mol. The number of carbonyl (C=O) groups is 1. The molecule has 0 aliphatic heterocycles. The summed E-state index contributed by atoms with van der Waals surface area (Å²) in [5, 5.41) is 0. The van der Waals surface area contributed by atoms with E-state index < -0.39 is 0 Å². The summed E-state index contributed by atoms with van der Waals surface area (Å²) in [6.07, 6.45) is 12.0. The van der Waals surface area contributed by atoms with Crippen molar-refractivity contribution in [2.24, 2.45) is 17.3 Å². The van der Waals surface area contributed by atoms with Crippen molar-refractivity contribution in [3.05, 3.63) is 0 Å². The zero-order valence-corrected chi connectivity index (χ0v) is 14.5. The quantitative estimate of drug-likeness (QED) is 0.626. The van der Waals surface area contributed by atoms with E-state index >= 15 is 0 Å². The zero-order chi connectivity index (χ0) is 15.5. The lowest BCUT2D eigenvalue weighted by atomic mass is 9.70. The lowest BCUT2D eigenvalue weighted by Crippen LogP contribution is -2.47. The number of ether oxygens (including phenoxy) is 1. The van der Waals surface area contributed by atoms with Gasteiger partial charge in [-0.1, -0.05) is 33.1 Å². The Labute approximate surface area is 131 Å². The van der Waals surface area contributed by atoms with Crippen LogP contribution in [-0.2, 0) is 9.53 Å². The smallest absolute Gasteiger partial charge is 0.312 e. The van der Waals surface area contributed by atoms with Crippen molar-refractivity contribution in [2.75, 3.05) is 0 Å². The van der Waals surface area contributed by atoms with Gasteiger partial charge < -0.3 is 4.74 Å². The molecule has 0 heterocycles. The molecule has 0 atom stereocenters. The predicted molar refractivity (Wildman–Crippen MR) is 87.1 cm³/mol. The second-order valence-electron chi connectivity index (χ2n) is 8.02. The van der Waals surface area contributed by atoms with E-state index in [1.165, 1.54) is 44.9 Å². The lowest BCUT2D eigenvalue weighted by molar-refractivity contribution is -0.183. The van der Waals surface area contributed by atoms with Crippen molar-refractivity contribution >= 4 is 5.97 Å². The van der Waals surface area contributed by atoms with E-state index in [2.05, 4.69) is 13.8 Å². The summed E-state index contributed by atoms with van der Waals surface area (Å²) in [6.45, 7) is 8.42. The van der Waals surface area contributed by atoms with Crippen molar-refractivity contribution in [3.63, 3.8) is 0 Å². The fourth-order valence-electron chi connectivity index (χ4n) is 4.09. The Morgan fingerprint density at radius 3 is 2.14 bits per heavy atom. The molecular formula is C19H34O2. The van der Waals surface area contributed by atoms with Crippen LogP contribution in [0.2, 0.25) is 0 Å². The highest BCUT2D eigenvalue weighted by atomic mass is 16.6. The molecule has 0 aromatic rings. The molecule has 0 bridgehead atoms. The van der Waals surface area contributed by atoms with Crippen LogP contribution in [0.25, 0.3) is 0 Å². The van der Waals surface area contributed by atoms with Gasteiger partial charge >= 0.3 is 5.97 Å². The Morgan fingerprint density at radius 1 is 1.10 bits per heavy atom. The van der Waals surface area contributed by atoms with Crippen LogP contribution in [0.4, 0.5) is 0 Å². The van der Waals surface area contributed by atoms with Crippen LogP contribution in [-0.4, -0.2) is 11.6 Å². The van der Waals surface area contributed by atoms with Crippen LogP contribution < -0.4 is 0 Å². The monoisotopic (exact) mass is 294 g/mol. The zero-order valence-electron chi connectivity index (χ0n) is 14.5. The summed E-state index contributed by atoms with van der Waals surface area (Å²) in [6, 6.07) is 0. The van der Waals surface area contributed by atoms with Gasteiger partial charge in [0.15, 0.2) is 0 Å². The van der Waals surface area contributed by atoms with E-state index in [4.69, 9.17) is 4.74 Å². The van der Waals surface area contributed by atoms with Gasteiger partial charge in [-0.05, 0) is 70.6 Å². The van der Waals surface area contributed by atoms with Gasteiger partial charge in [-0.2, -0.15) is 0 Å². The van der Waals surface area contributed by atoms with Crippen LogP contribution in [0.1, 0.15) is 91.9 Å². The maximum Gasteiger partial charge on any atom is 0.312 e. The van der Waals surface area contributed by atoms with Crippen molar-refractivity contribution < 1.29 is 9.53 Å². The third-order valence-electron chi connectivity index (χ3n) is 6.36. The van der Waals surface area contributed by atoms with Crippen molar-refractivity contribution in [1.82, 2.24) is 0 Å². The molecule has 2 rings (SSSR count). The second kappa shape index (κ2) is 6.71. The molecule has 0 unspecified atom stereocenters. The van der Waals surface area contributed by atoms with Crippen molar-refractivity contribution in [2.45, 2.75) is 97.5 Å². The molecule has 0 N–H and O–H groups in total. The van der Waals surface area contributed by atoms with Gasteiger partial charge in [0.2, 0.25) is 0 Å². The molecule has 2 nitrogen and oxygen atoms in total. The first kappa shape index (κ1) is 16.8. The van der Waals surface area contributed by atoms with E-state index in [0.717, 1.165) is 25.2 Å². The molecule has 2 aliphatic carbocycles. The molecule has 21 heavy (non-hydrogen) atoms. The summed E-state index contributed by atoms with van der Waals surface area (Å²) >= 11 is 0. The van der Waals surface area contributed by atoms with Gasteiger partial charge in [0.1, 0.15) is 5.60 Å². The first-order valence-corrected chi connectivity index (χ1v) is 9.17. The molecule has 2 aliphatic rings. The predicted octanol–water partition coefficient (Wildman–Crippen LogP) is 5.50. The Balaban J connectivity index is 2.11. The van der Waals surface area contributed by atoms with Gasteiger partial charge in [0.25, 0.3) is 0 Å². The molecular weight excluding hydrogens is 260 g/mol. The van der Waals surface area contributed by atoms with E-state index in [9.17, 15) is 4.79 Å². The Bertz CT molecular complexity index is 345. The molecule has 0 amide bonds. The Morgan fingerprint density at radius 2 is 1.67 bits per heavy atom. The van der Waals surface area contributed by atoms with Crippen LogP contribution >= 0.6 is 0 Å². The summed E-state index contributed by atoms with van der Waals surface area (Å²) in [4.78, 5) is 12.7. The molecule has 0 radical (unpaired) electrons. The topological polar surface area (TPSA) is 26.3 Å². The number of rotatable bonds is 5. The third kappa shape index (κ3) is 3.63. The highest BCUT2D eigenvalue weighted by molar-refractivity contribution is 5.76. The maximum absolute atomic E-state index is 12.7. The summed E-state index contributed by atoms with van der Waals surface area (Å²) in [7, 11) is 0. The Hall–Kier alpha value is -0.530. The number of carbonyl (C=O) groups excluding carboxylic acids is 1. The third-order valence-corrected chi connectivity index (χ3v) is 6.36. The molecule has 122 valence electrons. The van der Waals surface area contributed by atoms with Crippen molar-refractivity contribution in [1.29, 1.82) is 0 Å². The van der Waals surface area contributed by atoms with Gasteiger partial charge in [-0.15, -0.1) is 0 Å². The summed E-state index contributed by atoms with van der Waals surface area (Å²) in [5.74, 6) is 1.50. The van der Waals surface area contributed by atoms with Gasteiger partial charge in [0.05, 0.1) is 5.41 Å². The number of hydrogen-bond donors (Lipinski definition) is 0. The molecule has 0 aromatic carbocycles. The van der Waals surface area contributed by atoms with Crippen molar-refractivity contribution in [3.8, 4) is 0 Å². The molecule has 2 heteroatoms. The van der Waals surface area contributed by atoms with Gasteiger partial charge in [-0.3, -0.25) is 4.79 Å². The fraction of sp³-hybridized carbons (Fsp3) is 0.947. The van der Waals surface area contributed by atoms with E-state index in [1.54, 1.807) is 0 Å². The summed E-state index contributed by atoms with van der Waals surface area (Å²) < 4.78 is 6.27. The number of hydrogen-bond acceptors (Lipinski definition) is 2. The van der Waals surface area contributed by atoms with E-state index in [1.807, 2.05) is 13.8 Å². The van der Waals surface area contributed by atoms with Crippen LogP contribution in [0.5, 0.6) is 0 Å². The molecule has 2 fully saturated rings. The van der Waals surface area contributed by atoms with E-state index in [0.29, 0.717) is 5.92 Å². The molecule has 0 saturated heterocycles. The highest BCUT2D eigenvalue weighted by Crippen LogP contribution is 2.48. The average Bonchev–Trinajstić information content (AvgIpc) is 3.02. The molecule has 0 aromatic heterocycles. The van der Waals surface area contributed by atoms with E-state index in [-0.39, 0.29) is 17.0 Å². The minimum Gasteiger partial charge on any atom is -0.458 e. The van der Waals surface area contributed by atoms with Gasteiger partial charge in [-0.25, -0.2) is 0 Å². The lowest BCUT2D eigenvalue weighted by Gasteiger charge is -2.45.